The minimum Gasteiger partial charge on any atom is -0.482 e. The predicted molar refractivity (Wildman–Crippen MR) is 84.4 cm³/mol. The molecule has 0 saturated carbocycles. The van der Waals surface area contributed by atoms with Gasteiger partial charge in [-0.2, -0.15) is 0 Å². The number of aliphatic carboxylic acids is 1. The van der Waals surface area contributed by atoms with Crippen molar-refractivity contribution < 1.29 is 14.6 Å². The van der Waals surface area contributed by atoms with Crippen LogP contribution >= 0.6 is 23.1 Å². The molecule has 1 N–H and O–H groups in total. The van der Waals surface area contributed by atoms with Crippen molar-refractivity contribution in [1.82, 2.24) is 14.5 Å². The average Bonchev–Trinajstić information content (AvgIpc) is 2.83. The number of rotatable bonds is 7. The fraction of sp³-hybridized carbons (Fsp3) is 0.357. The number of benzene rings is 1. The molecule has 0 unspecified atom stereocenters. The van der Waals surface area contributed by atoms with Crippen molar-refractivity contribution in [3.8, 4) is 5.75 Å². The molecular formula is C14H16ClN3O3S. The second kappa shape index (κ2) is 7.53. The van der Waals surface area contributed by atoms with Crippen LogP contribution in [0.5, 0.6) is 5.75 Å². The molecule has 1 heterocycles. The van der Waals surface area contributed by atoms with E-state index < -0.39 is 5.97 Å². The molecule has 0 aliphatic rings. The van der Waals surface area contributed by atoms with Crippen LogP contribution in [0.2, 0.25) is 5.02 Å². The fourth-order valence-corrected chi connectivity index (χ4v) is 2.85. The number of hydrogen-bond donors (Lipinski definition) is 1. The maximum atomic E-state index is 10.6. The Balaban J connectivity index is 2.08. The Kier molecular flexibility index (Phi) is 5.70. The van der Waals surface area contributed by atoms with Crippen molar-refractivity contribution in [1.29, 1.82) is 0 Å². The summed E-state index contributed by atoms with van der Waals surface area (Å²) in [5, 5.41) is 13.3. The van der Waals surface area contributed by atoms with Gasteiger partial charge in [-0.05, 0) is 43.7 Å². The number of hydrogen-bond acceptors (Lipinski definition) is 6. The Hall–Kier alpha value is -1.70. The van der Waals surface area contributed by atoms with Crippen molar-refractivity contribution >= 4 is 29.1 Å². The first-order valence-electron chi connectivity index (χ1n) is 6.55. The molecule has 1 aromatic heterocycles. The van der Waals surface area contributed by atoms with Gasteiger partial charge >= 0.3 is 5.97 Å². The van der Waals surface area contributed by atoms with Crippen molar-refractivity contribution in [2.75, 3.05) is 13.7 Å². The topological polar surface area (TPSA) is 75.5 Å². The van der Waals surface area contributed by atoms with Crippen LogP contribution in [0.4, 0.5) is 0 Å². The van der Waals surface area contributed by atoms with Gasteiger partial charge < -0.3 is 9.84 Å². The third kappa shape index (κ3) is 4.66. The van der Waals surface area contributed by atoms with Crippen LogP contribution in [0.25, 0.3) is 0 Å². The van der Waals surface area contributed by atoms with Crippen LogP contribution in [0.3, 0.4) is 0 Å². The van der Waals surface area contributed by atoms with E-state index in [1.165, 1.54) is 11.5 Å². The number of carboxylic acids is 1. The lowest BCUT2D eigenvalue weighted by Crippen LogP contribution is -2.18. The summed E-state index contributed by atoms with van der Waals surface area (Å²) in [6, 6.07) is 5.15. The predicted octanol–water partition coefficient (Wildman–Crippen LogP) is 2.60. The highest BCUT2D eigenvalue weighted by atomic mass is 35.5. The zero-order valence-corrected chi connectivity index (χ0v) is 13.8. The summed E-state index contributed by atoms with van der Waals surface area (Å²) in [6.45, 7) is 2.82. The molecule has 22 heavy (non-hydrogen) atoms. The van der Waals surface area contributed by atoms with Gasteiger partial charge in [-0.1, -0.05) is 16.1 Å². The summed E-state index contributed by atoms with van der Waals surface area (Å²) in [5.41, 5.74) is 1.76. The van der Waals surface area contributed by atoms with Crippen molar-refractivity contribution in [2.24, 2.45) is 0 Å². The van der Waals surface area contributed by atoms with E-state index in [0.29, 0.717) is 23.9 Å². The molecule has 6 nitrogen and oxygen atoms in total. The smallest absolute Gasteiger partial charge is 0.341 e. The van der Waals surface area contributed by atoms with E-state index in [1.807, 2.05) is 14.0 Å². The maximum Gasteiger partial charge on any atom is 0.341 e. The highest BCUT2D eigenvalue weighted by molar-refractivity contribution is 7.05. The van der Waals surface area contributed by atoms with E-state index in [9.17, 15) is 4.79 Å². The van der Waals surface area contributed by atoms with Crippen LogP contribution in [0.1, 0.15) is 16.1 Å². The summed E-state index contributed by atoms with van der Waals surface area (Å²) in [5.74, 6) is -0.488. The first kappa shape index (κ1) is 16.7. The Morgan fingerprint density at radius 1 is 1.45 bits per heavy atom. The number of ether oxygens (including phenoxy) is 1. The zero-order chi connectivity index (χ0) is 16.1. The molecule has 0 fully saturated rings. The normalized spacial score (nSPS) is 10.9. The highest BCUT2D eigenvalue weighted by Gasteiger charge is 2.12. The fourth-order valence-electron chi connectivity index (χ4n) is 1.94. The number of nitrogens with zero attached hydrogens (tertiary/aromatic N) is 3. The molecular weight excluding hydrogens is 326 g/mol. The van der Waals surface area contributed by atoms with E-state index in [0.717, 1.165) is 16.1 Å². The zero-order valence-electron chi connectivity index (χ0n) is 12.2. The molecule has 118 valence electrons. The molecule has 2 aromatic rings. The SMILES string of the molecule is Cc1nnsc1CN(C)Cc1cc(Cl)ccc1OCC(=O)O. The summed E-state index contributed by atoms with van der Waals surface area (Å²) < 4.78 is 9.22. The first-order valence-corrected chi connectivity index (χ1v) is 7.70. The van der Waals surface area contributed by atoms with Crippen molar-refractivity contribution in [2.45, 2.75) is 20.0 Å². The van der Waals surface area contributed by atoms with E-state index in [-0.39, 0.29) is 6.61 Å². The molecule has 0 spiro atoms. The van der Waals surface area contributed by atoms with Gasteiger partial charge in [0, 0.05) is 23.7 Å². The van der Waals surface area contributed by atoms with Gasteiger partial charge in [-0.25, -0.2) is 4.79 Å². The van der Waals surface area contributed by atoms with E-state index >= 15 is 0 Å². The Morgan fingerprint density at radius 2 is 2.23 bits per heavy atom. The molecule has 0 aliphatic carbocycles. The average molecular weight is 342 g/mol. The van der Waals surface area contributed by atoms with Gasteiger partial charge in [0.1, 0.15) is 5.75 Å². The minimum absolute atomic E-state index is 0.379. The highest BCUT2D eigenvalue weighted by Crippen LogP contribution is 2.25. The molecule has 0 atom stereocenters. The van der Waals surface area contributed by atoms with Gasteiger partial charge in [0.05, 0.1) is 10.6 Å². The third-order valence-corrected chi connectivity index (χ3v) is 4.02. The molecule has 0 bridgehead atoms. The largest absolute Gasteiger partial charge is 0.482 e. The summed E-state index contributed by atoms with van der Waals surface area (Å²) in [6.07, 6.45) is 0. The molecule has 2 rings (SSSR count). The van der Waals surface area contributed by atoms with Gasteiger partial charge in [-0.3, -0.25) is 4.90 Å². The Morgan fingerprint density at radius 3 is 2.86 bits per heavy atom. The third-order valence-electron chi connectivity index (χ3n) is 2.97. The molecule has 1 aromatic carbocycles. The molecule has 8 heteroatoms. The lowest BCUT2D eigenvalue weighted by atomic mass is 10.2. The van der Waals surface area contributed by atoms with Gasteiger partial charge in [-0.15, -0.1) is 5.10 Å². The Labute approximate surface area is 137 Å². The summed E-state index contributed by atoms with van der Waals surface area (Å²) in [4.78, 5) is 13.8. The number of carbonyl (C=O) groups is 1. The maximum absolute atomic E-state index is 10.6. The van der Waals surface area contributed by atoms with E-state index in [4.69, 9.17) is 21.4 Å². The van der Waals surface area contributed by atoms with Crippen molar-refractivity contribution in [3.63, 3.8) is 0 Å². The van der Waals surface area contributed by atoms with E-state index in [2.05, 4.69) is 14.5 Å². The second-order valence-electron chi connectivity index (χ2n) is 4.89. The number of halogens is 1. The monoisotopic (exact) mass is 341 g/mol. The number of aryl methyl sites for hydroxylation is 1. The molecule has 0 aliphatic heterocycles. The van der Waals surface area contributed by atoms with Crippen LogP contribution < -0.4 is 4.74 Å². The van der Waals surface area contributed by atoms with Gasteiger partial charge in [0.15, 0.2) is 6.61 Å². The standard InChI is InChI=1S/C14H16ClN3O3S/c1-9-13(22-17-16-9)7-18(2)6-10-5-11(15)3-4-12(10)21-8-14(19)20/h3-5H,6-8H2,1-2H3,(H,19,20). The van der Waals surface area contributed by atoms with Gasteiger partial charge in [0.25, 0.3) is 0 Å². The number of carboxylic acid groups (broad SMARTS) is 1. The Bertz CT molecular complexity index is 663. The summed E-state index contributed by atoms with van der Waals surface area (Å²) in [7, 11) is 1.96. The first-order chi connectivity index (χ1) is 10.5. The van der Waals surface area contributed by atoms with Crippen molar-refractivity contribution in [3.05, 3.63) is 39.4 Å². The van der Waals surface area contributed by atoms with E-state index in [1.54, 1.807) is 18.2 Å². The lowest BCUT2D eigenvalue weighted by molar-refractivity contribution is -0.139. The second-order valence-corrected chi connectivity index (χ2v) is 6.16. The lowest BCUT2D eigenvalue weighted by Gasteiger charge is -2.18. The molecule has 0 saturated heterocycles. The van der Waals surface area contributed by atoms with Crippen LogP contribution in [0, 0.1) is 6.92 Å². The van der Waals surface area contributed by atoms with Crippen LogP contribution in [-0.2, 0) is 17.9 Å². The number of aromatic nitrogens is 2. The quantitative estimate of drug-likeness (QED) is 0.834. The summed E-state index contributed by atoms with van der Waals surface area (Å²) >= 11 is 7.39. The molecule has 0 radical (unpaired) electrons. The molecule has 0 amide bonds. The van der Waals surface area contributed by atoms with Crippen LogP contribution in [0.15, 0.2) is 18.2 Å². The minimum atomic E-state index is -1.01. The van der Waals surface area contributed by atoms with Crippen LogP contribution in [-0.4, -0.2) is 39.2 Å². The van der Waals surface area contributed by atoms with Gasteiger partial charge in [0.2, 0.25) is 0 Å².